The lowest BCUT2D eigenvalue weighted by Gasteiger charge is -2.31. The van der Waals surface area contributed by atoms with Crippen molar-refractivity contribution < 1.29 is 0 Å². The van der Waals surface area contributed by atoms with E-state index >= 15 is 0 Å². The van der Waals surface area contributed by atoms with Crippen LogP contribution in [0.15, 0.2) is 6.20 Å². The molecule has 0 bridgehead atoms. The summed E-state index contributed by atoms with van der Waals surface area (Å²) in [6.45, 7) is 17.1. The molecule has 0 fully saturated rings. The molecule has 1 atom stereocenters. The van der Waals surface area contributed by atoms with Gasteiger partial charge in [-0.25, -0.2) is 9.97 Å². The molecule has 0 radical (unpaired) electrons. The summed E-state index contributed by atoms with van der Waals surface area (Å²) in [5, 5.41) is 3.49. The van der Waals surface area contributed by atoms with Crippen LogP contribution in [-0.2, 0) is 6.54 Å². The summed E-state index contributed by atoms with van der Waals surface area (Å²) in [6, 6.07) is 0.954. The van der Waals surface area contributed by atoms with Crippen LogP contribution in [0.1, 0.15) is 72.3 Å². The van der Waals surface area contributed by atoms with Crippen LogP contribution in [0, 0.1) is 0 Å². The number of nitrogens with one attached hydrogen (secondary N) is 1. The van der Waals surface area contributed by atoms with Crippen molar-refractivity contribution in [3.8, 4) is 0 Å². The van der Waals surface area contributed by atoms with Crippen LogP contribution in [0.2, 0.25) is 0 Å². The van der Waals surface area contributed by atoms with E-state index in [-0.39, 0.29) is 0 Å². The molecule has 0 amide bonds. The Labute approximate surface area is 130 Å². The van der Waals surface area contributed by atoms with Crippen LogP contribution in [-0.4, -0.2) is 28.6 Å². The van der Waals surface area contributed by atoms with E-state index < -0.39 is 0 Å². The van der Waals surface area contributed by atoms with Crippen molar-refractivity contribution in [3.05, 3.63) is 17.7 Å². The van der Waals surface area contributed by atoms with Crippen molar-refractivity contribution in [2.75, 3.05) is 11.4 Å². The van der Waals surface area contributed by atoms with Gasteiger partial charge in [0.1, 0.15) is 5.82 Å². The van der Waals surface area contributed by atoms with Crippen molar-refractivity contribution in [3.63, 3.8) is 0 Å². The van der Waals surface area contributed by atoms with E-state index in [9.17, 15) is 0 Å². The van der Waals surface area contributed by atoms with E-state index in [0.717, 1.165) is 31.0 Å². The number of anilines is 1. The standard InChI is InChI=1S/C17H32N4/c1-8-14(7)21(9-2)16-11-19-17(12(3)4)20-15(16)10-18-13(5)6/h11-14,18H,8-10H2,1-7H3. The lowest BCUT2D eigenvalue weighted by atomic mass is 10.1. The van der Waals surface area contributed by atoms with Crippen molar-refractivity contribution in [2.24, 2.45) is 0 Å². The third kappa shape index (κ3) is 4.95. The number of aromatic nitrogens is 2. The van der Waals surface area contributed by atoms with E-state index in [2.05, 4.69) is 63.7 Å². The molecule has 0 aliphatic heterocycles. The monoisotopic (exact) mass is 292 g/mol. The van der Waals surface area contributed by atoms with Gasteiger partial charge in [0.2, 0.25) is 0 Å². The number of hydrogen-bond donors (Lipinski definition) is 1. The van der Waals surface area contributed by atoms with Gasteiger partial charge in [0, 0.05) is 31.1 Å². The van der Waals surface area contributed by atoms with Gasteiger partial charge in [-0.2, -0.15) is 0 Å². The third-order valence-corrected chi connectivity index (χ3v) is 3.83. The first kappa shape index (κ1) is 17.9. The second-order valence-corrected chi connectivity index (χ2v) is 6.29. The van der Waals surface area contributed by atoms with Gasteiger partial charge in [0.15, 0.2) is 0 Å². The Kier molecular flexibility index (Phi) is 7.09. The van der Waals surface area contributed by atoms with Crippen molar-refractivity contribution in [2.45, 2.75) is 79.4 Å². The Balaban J connectivity index is 3.15. The average Bonchev–Trinajstić information content (AvgIpc) is 2.46. The minimum atomic E-state index is 0.357. The van der Waals surface area contributed by atoms with Gasteiger partial charge >= 0.3 is 0 Å². The van der Waals surface area contributed by atoms with Gasteiger partial charge in [0.05, 0.1) is 17.6 Å². The average molecular weight is 292 g/mol. The molecule has 21 heavy (non-hydrogen) atoms. The zero-order valence-electron chi connectivity index (χ0n) is 14.8. The molecule has 1 N–H and O–H groups in total. The summed E-state index contributed by atoms with van der Waals surface area (Å²) < 4.78 is 0. The minimum absolute atomic E-state index is 0.357. The van der Waals surface area contributed by atoms with Gasteiger partial charge in [-0.05, 0) is 20.3 Å². The van der Waals surface area contributed by atoms with E-state index in [0.29, 0.717) is 18.0 Å². The maximum Gasteiger partial charge on any atom is 0.131 e. The van der Waals surface area contributed by atoms with E-state index in [1.54, 1.807) is 0 Å². The Morgan fingerprint density at radius 2 is 1.81 bits per heavy atom. The van der Waals surface area contributed by atoms with Gasteiger partial charge in [0.25, 0.3) is 0 Å². The molecule has 0 saturated heterocycles. The summed E-state index contributed by atoms with van der Waals surface area (Å²) in [6.07, 6.45) is 3.13. The zero-order chi connectivity index (χ0) is 16.0. The van der Waals surface area contributed by atoms with Gasteiger partial charge in [-0.3, -0.25) is 0 Å². The lowest BCUT2D eigenvalue weighted by molar-refractivity contribution is 0.568. The number of nitrogens with zero attached hydrogens (tertiary/aromatic N) is 3. The van der Waals surface area contributed by atoms with Crippen LogP contribution in [0.3, 0.4) is 0 Å². The molecule has 0 aromatic carbocycles. The van der Waals surface area contributed by atoms with Crippen LogP contribution in [0.5, 0.6) is 0 Å². The quantitative estimate of drug-likeness (QED) is 0.793. The minimum Gasteiger partial charge on any atom is -0.366 e. The summed E-state index contributed by atoms with van der Waals surface area (Å²) in [4.78, 5) is 11.8. The molecule has 4 nitrogen and oxygen atoms in total. The van der Waals surface area contributed by atoms with Gasteiger partial charge in [-0.15, -0.1) is 0 Å². The highest BCUT2D eigenvalue weighted by Gasteiger charge is 2.18. The Morgan fingerprint density at radius 3 is 2.29 bits per heavy atom. The van der Waals surface area contributed by atoms with Crippen molar-refractivity contribution in [1.29, 1.82) is 0 Å². The molecule has 1 unspecified atom stereocenters. The molecule has 1 aromatic heterocycles. The molecule has 0 spiro atoms. The number of rotatable bonds is 8. The van der Waals surface area contributed by atoms with E-state index in [1.165, 1.54) is 5.69 Å². The van der Waals surface area contributed by atoms with Gasteiger partial charge in [-0.1, -0.05) is 34.6 Å². The summed E-state index contributed by atoms with van der Waals surface area (Å²) in [5.74, 6) is 1.29. The Morgan fingerprint density at radius 1 is 1.14 bits per heavy atom. The first-order valence-corrected chi connectivity index (χ1v) is 8.26. The van der Waals surface area contributed by atoms with Crippen molar-refractivity contribution in [1.82, 2.24) is 15.3 Å². The fourth-order valence-corrected chi connectivity index (χ4v) is 2.32. The number of hydrogen-bond acceptors (Lipinski definition) is 4. The maximum atomic E-state index is 4.81. The molecule has 0 aliphatic rings. The zero-order valence-corrected chi connectivity index (χ0v) is 14.8. The molecule has 120 valence electrons. The maximum absolute atomic E-state index is 4.81. The molecule has 1 rings (SSSR count). The molecule has 1 heterocycles. The molecule has 0 saturated carbocycles. The third-order valence-electron chi connectivity index (χ3n) is 3.83. The van der Waals surface area contributed by atoms with Crippen molar-refractivity contribution >= 4 is 5.69 Å². The Bertz CT molecular complexity index is 429. The fraction of sp³-hybridized carbons (Fsp3) is 0.765. The van der Waals surface area contributed by atoms with E-state index in [4.69, 9.17) is 4.98 Å². The molecule has 4 heteroatoms. The highest BCUT2D eigenvalue weighted by Crippen LogP contribution is 2.23. The highest BCUT2D eigenvalue weighted by molar-refractivity contribution is 5.50. The normalized spacial score (nSPS) is 13.0. The first-order valence-electron chi connectivity index (χ1n) is 8.26. The first-order chi connectivity index (χ1) is 9.90. The predicted octanol–water partition coefficient (Wildman–Crippen LogP) is 3.72. The summed E-state index contributed by atoms with van der Waals surface area (Å²) in [7, 11) is 0. The predicted molar refractivity (Wildman–Crippen MR) is 90.9 cm³/mol. The summed E-state index contributed by atoms with van der Waals surface area (Å²) in [5.41, 5.74) is 2.29. The van der Waals surface area contributed by atoms with Gasteiger partial charge < -0.3 is 10.2 Å². The van der Waals surface area contributed by atoms with E-state index in [1.807, 2.05) is 6.20 Å². The largest absolute Gasteiger partial charge is 0.366 e. The second-order valence-electron chi connectivity index (χ2n) is 6.29. The molecular weight excluding hydrogens is 260 g/mol. The fourth-order valence-electron chi connectivity index (χ4n) is 2.32. The smallest absolute Gasteiger partial charge is 0.131 e. The molecule has 0 aliphatic carbocycles. The Hall–Kier alpha value is -1.16. The SMILES string of the molecule is CCC(C)N(CC)c1cnc(C(C)C)nc1CNC(C)C. The molecule has 1 aromatic rings. The second kappa shape index (κ2) is 8.32. The summed E-state index contributed by atoms with van der Waals surface area (Å²) >= 11 is 0. The topological polar surface area (TPSA) is 41.1 Å². The molecular formula is C17H32N4. The van der Waals surface area contributed by atoms with Crippen LogP contribution >= 0.6 is 0 Å². The van der Waals surface area contributed by atoms with Crippen LogP contribution in [0.25, 0.3) is 0 Å². The van der Waals surface area contributed by atoms with Crippen LogP contribution in [0.4, 0.5) is 5.69 Å². The lowest BCUT2D eigenvalue weighted by Crippen LogP contribution is -2.34. The highest BCUT2D eigenvalue weighted by atomic mass is 15.2. The van der Waals surface area contributed by atoms with Crippen LogP contribution < -0.4 is 10.2 Å².